The summed E-state index contributed by atoms with van der Waals surface area (Å²) in [6.45, 7) is 0.891. The molecule has 1 aliphatic carbocycles. The molecule has 0 aromatic rings. The fourth-order valence-electron chi connectivity index (χ4n) is 3.16. The van der Waals surface area contributed by atoms with Crippen LogP contribution in [0.1, 0.15) is 25.7 Å². The number of ether oxygens (including phenoxy) is 1. The lowest BCUT2D eigenvalue weighted by atomic mass is 10.0. The first kappa shape index (κ1) is 15.7. The first-order valence-corrected chi connectivity index (χ1v) is 9.00. The van der Waals surface area contributed by atoms with Gasteiger partial charge in [0, 0.05) is 31.7 Å². The Bertz CT molecular complexity index is 451. The van der Waals surface area contributed by atoms with Gasteiger partial charge < -0.3 is 15.4 Å². The number of rotatable bonds is 5. The number of hydrogen-bond acceptors (Lipinski definition) is 5. The summed E-state index contributed by atoms with van der Waals surface area (Å²) >= 11 is 0. The maximum absolute atomic E-state index is 12.6. The molecule has 3 atom stereocenters. The average molecular weight is 304 g/mol. The Morgan fingerprint density at radius 2 is 2.10 bits per heavy atom. The summed E-state index contributed by atoms with van der Waals surface area (Å²) in [5.74, 6) is 0.266. The van der Waals surface area contributed by atoms with Crippen molar-refractivity contribution in [1.82, 2.24) is 4.90 Å². The summed E-state index contributed by atoms with van der Waals surface area (Å²) in [7, 11) is -1.41. The van der Waals surface area contributed by atoms with E-state index in [0.717, 1.165) is 12.8 Å². The maximum atomic E-state index is 12.6. The normalized spacial score (nSPS) is 32.4. The van der Waals surface area contributed by atoms with Crippen molar-refractivity contribution in [3.8, 4) is 0 Å². The molecular weight excluding hydrogens is 280 g/mol. The Morgan fingerprint density at radius 1 is 1.35 bits per heavy atom. The smallest absolute Gasteiger partial charge is 0.226 e. The van der Waals surface area contributed by atoms with Crippen LogP contribution in [0.2, 0.25) is 0 Å². The summed E-state index contributed by atoms with van der Waals surface area (Å²) < 4.78 is 28.3. The van der Waals surface area contributed by atoms with E-state index in [1.807, 2.05) is 0 Å². The van der Waals surface area contributed by atoms with Gasteiger partial charge in [-0.1, -0.05) is 0 Å². The fraction of sp³-hybridized carbons (Fsp3) is 0.923. The van der Waals surface area contributed by atoms with E-state index in [2.05, 4.69) is 0 Å². The Morgan fingerprint density at radius 3 is 2.60 bits per heavy atom. The van der Waals surface area contributed by atoms with E-state index in [9.17, 15) is 13.2 Å². The number of amides is 1. The molecule has 20 heavy (non-hydrogen) atoms. The lowest BCUT2D eigenvalue weighted by Crippen LogP contribution is -2.45. The van der Waals surface area contributed by atoms with Crippen molar-refractivity contribution in [2.45, 2.75) is 37.8 Å². The van der Waals surface area contributed by atoms with Crippen LogP contribution in [0, 0.1) is 5.92 Å². The lowest BCUT2D eigenvalue weighted by molar-refractivity contribution is -0.138. The van der Waals surface area contributed by atoms with Gasteiger partial charge in [-0.15, -0.1) is 0 Å². The second-order valence-corrected chi connectivity index (χ2v) is 8.08. The standard InChI is InChI=1S/C13H24N2O4S/c1-19-6-5-15(12-4-7-20(17,18)9-12)13(16)10-2-3-11(14)8-10/h10-12H,2-9,14H2,1H3. The molecule has 3 unspecified atom stereocenters. The van der Waals surface area contributed by atoms with Crippen LogP contribution in [0.25, 0.3) is 0 Å². The van der Waals surface area contributed by atoms with Crippen molar-refractivity contribution in [3.05, 3.63) is 0 Å². The zero-order valence-corrected chi connectivity index (χ0v) is 12.8. The van der Waals surface area contributed by atoms with Crippen LogP contribution in [-0.4, -0.2) is 63.1 Å². The highest BCUT2D eigenvalue weighted by Crippen LogP contribution is 2.28. The van der Waals surface area contributed by atoms with Crippen molar-refractivity contribution in [2.24, 2.45) is 11.7 Å². The minimum Gasteiger partial charge on any atom is -0.383 e. The molecule has 2 N–H and O–H groups in total. The van der Waals surface area contributed by atoms with Crippen molar-refractivity contribution in [3.63, 3.8) is 0 Å². The van der Waals surface area contributed by atoms with Crippen molar-refractivity contribution in [2.75, 3.05) is 31.8 Å². The zero-order chi connectivity index (χ0) is 14.8. The van der Waals surface area contributed by atoms with E-state index < -0.39 is 9.84 Å². The molecule has 2 rings (SSSR count). The van der Waals surface area contributed by atoms with Crippen LogP contribution < -0.4 is 5.73 Å². The minimum absolute atomic E-state index is 0.0508. The number of carbonyl (C=O) groups excluding carboxylic acids is 1. The SMILES string of the molecule is COCCN(C(=O)C1CCC(N)C1)C1CCS(=O)(=O)C1. The predicted octanol–water partition coefficient (Wildman–Crippen LogP) is -0.224. The van der Waals surface area contributed by atoms with E-state index in [-0.39, 0.29) is 35.4 Å². The van der Waals surface area contributed by atoms with Gasteiger partial charge in [0.25, 0.3) is 0 Å². The van der Waals surface area contributed by atoms with Gasteiger partial charge in [-0.3, -0.25) is 4.79 Å². The quantitative estimate of drug-likeness (QED) is 0.758. The third kappa shape index (κ3) is 3.71. The molecule has 1 saturated heterocycles. The second-order valence-electron chi connectivity index (χ2n) is 5.85. The van der Waals surface area contributed by atoms with Gasteiger partial charge in [0.05, 0.1) is 18.1 Å². The Labute approximate surface area is 120 Å². The van der Waals surface area contributed by atoms with Crippen molar-refractivity contribution in [1.29, 1.82) is 0 Å². The third-order valence-electron chi connectivity index (χ3n) is 4.29. The van der Waals surface area contributed by atoms with Crippen LogP contribution >= 0.6 is 0 Å². The largest absolute Gasteiger partial charge is 0.383 e. The molecule has 0 spiro atoms. The Kier molecular flexibility index (Phi) is 5.04. The molecule has 116 valence electrons. The topological polar surface area (TPSA) is 89.7 Å². The van der Waals surface area contributed by atoms with Gasteiger partial charge >= 0.3 is 0 Å². The first-order valence-electron chi connectivity index (χ1n) is 7.18. The van der Waals surface area contributed by atoms with Crippen LogP contribution in [0.15, 0.2) is 0 Å². The highest BCUT2D eigenvalue weighted by atomic mass is 32.2. The monoisotopic (exact) mass is 304 g/mol. The molecule has 1 aliphatic heterocycles. The highest BCUT2D eigenvalue weighted by Gasteiger charge is 2.38. The number of methoxy groups -OCH3 is 1. The zero-order valence-electron chi connectivity index (χ0n) is 12.0. The van der Waals surface area contributed by atoms with Crippen LogP contribution in [0.5, 0.6) is 0 Å². The van der Waals surface area contributed by atoms with Crippen molar-refractivity contribution >= 4 is 15.7 Å². The van der Waals surface area contributed by atoms with Gasteiger partial charge in [0.1, 0.15) is 0 Å². The molecular formula is C13H24N2O4S. The molecule has 0 aromatic heterocycles. The van der Waals surface area contributed by atoms with E-state index in [1.165, 1.54) is 0 Å². The first-order chi connectivity index (χ1) is 9.43. The van der Waals surface area contributed by atoms with E-state index in [1.54, 1.807) is 12.0 Å². The Hall–Kier alpha value is -0.660. The molecule has 7 heteroatoms. The second kappa shape index (κ2) is 6.41. The number of nitrogens with two attached hydrogens (primary N) is 1. The van der Waals surface area contributed by atoms with Gasteiger partial charge in [-0.25, -0.2) is 8.42 Å². The van der Waals surface area contributed by atoms with Gasteiger partial charge in [-0.05, 0) is 25.7 Å². The summed E-state index contributed by atoms with van der Waals surface area (Å²) in [5.41, 5.74) is 5.87. The predicted molar refractivity (Wildman–Crippen MR) is 76.0 cm³/mol. The van der Waals surface area contributed by atoms with E-state index >= 15 is 0 Å². The highest BCUT2D eigenvalue weighted by molar-refractivity contribution is 7.91. The summed E-state index contributed by atoms with van der Waals surface area (Å²) in [6.07, 6.45) is 2.93. The molecule has 0 bridgehead atoms. The fourth-order valence-corrected chi connectivity index (χ4v) is 4.89. The minimum atomic E-state index is -2.99. The molecule has 2 fully saturated rings. The lowest BCUT2D eigenvalue weighted by Gasteiger charge is -2.30. The average Bonchev–Trinajstić information content (AvgIpc) is 2.96. The van der Waals surface area contributed by atoms with Gasteiger partial charge in [-0.2, -0.15) is 0 Å². The molecule has 6 nitrogen and oxygen atoms in total. The summed E-state index contributed by atoms with van der Waals surface area (Å²) in [6, 6.07) is -0.0972. The number of hydrogen-bond donors (Lipinski definition) is 1. The molecule has 0 aromatic carbocycles. The van der Waals surface area contributed by atoms with Gasteiger partial charge in [0.2, 0.25) is 5.91 Å². The van der Waals surface area contributed by atoms with E-state index in [0.29, 0.717) is 26.0 Å². The summed E-state index contributed by atoms with van der Waals surface area (Å²) in [4.78, 5) is 14.3. The molecule has 1 heterocycles. The third-order valence-corrected chi connectivity index (χ3v) is 6.04. The van der Waals surface area contributed by atoms with Crippen LogP contribution in [-0.2, 0) is 19.4 Å². The molecule has 1 amide bonds. The summed E-state index contributed by atoms with van der Waals surface area (Å²) in [5, 5.41) is 0. The van der Waals surface area contributed by atoms with Crippen LogP contribution in [0.3, 0.4) is 0 Å². The number of carbonyl (C=O) groups is 1. The Balaban J connectivity index is 2.05. The molecule has 2 aliphatic rings. The number of nitrogens with zero attached hydrogens (tertiary/aromatic N) is 1. The van der Waals surface area contributed by atoms with Gasteiger partial charge in [0.15, 0.2) is 9.84 Å². The molecule has 0 radical (unpaired) electrons. The van der Waals surface area contributed by atoms with E-state index in [4.69, 9.17) is 10.5 Å². The van der Waals surface area contributed by atoms with Crippen molar-refractivity contribution < 1.29 is 17.9 Å². The number of sulfone groups is 1. The maximum Gasteiger partial charge on any atom is 0.226 e. The van der Waals surface area contributed by atoms with Crippen LogP contribution in [0.4, 0.5) is 0 Å². The molecule has 1 saturated carbocycles.